The molecule has 0 bridgehead atoms. The normalized spacial score (nSPS) is 12.3. The van der Waals surface area contributed by atoms with E-state index in [-0.39, 0.29) is 0 Å². The molecule has 15 aromatic rings. The molecule has 1 nitrogen and oxygen atoms in total. The second kappa shape index (κ2) is 21.3. The molecule has 86 heavy (non-hydrogen) atoms. The standard InChI is InChI=1S/C85H57N/c1-6-16-58(17-7-1)61-26-30-64(31-27-61)66-36-40-68(41-37-66)71-47-52-83-79(54-71)80-55-72(69-42-38-67(39-43-69)65-32-28-62(29-33-65)59-18-8-2-9-19-59)48-53-84(80)86(83)76-49-51-78-77-50-46-73(70-44-34-63(35-45-70)60-20-10-3-11-21-60)56-81(77)85(82(78)57-76,74-22-12-4-13-23-74)75-24-14-5-15-25-75/h1-57H. The largest absolute Gasteiger partial charge is 0.309 e. The fourth-order valence-electron chi connectivity index (χ4n) is 13.6. The van der Waals surface area contributed by atoms with Gasteiger partial charge in [0.05, 0.1) is 16.4 Å². The molecule has 1 aliphatic rings. The second-order valence-electron chi connectivity index (χ2n) is 22.8. The van der Waals surface area contributed by atoms with Crippen LogP contribution in [-0.2, 0) is 5.41 Å². The van der Waals surface area contributed by atoms with Crippen LogP contribution in [0, 0.1) is 0 Å². The Morgan fingerprint density at radius 3 is 0.767 bits per heavy atom. The first-order valence-electron chi connectivity index (χ1n) is 29.8. The summed E-state index contributed by atoms with van der Waals surface area (Å²) in [6.45, 7) is 0. The van der Waals surface area contributed by atoms with Gasteiger partial charge in [-0.25, -0.2) is 0 Å². The Labute approximate surface area is 502 Å². The van der Waals surface area contributed by atoms with E-state index >= 15 is 0 Å². The van der Waals surface area contributed by atoms with E-state index in [2.05, 4.69) is 350 Å². The minimum Gasteiger partial charge on any atom is -0.309 e. The Morgan fingerprint density at radius 2 is 0.430 bits per heavy atom. The molecule has 0 atom stereocenters. The zero-order chi connectivity index (χ0) is 57.0. The van der Waals surface area contributed by atoms with E-state index in [1.54, 1.807) is 0 Å². The van der Waals surface area contributed by atoms with E-state index in [9.17, 15) is 0 Å². The summed E-state index contributed by atoms with van der Waals surface area (Å²) in [4.78, 5) is 0. The molecular formula is C85H57N. The molecule has 0 aliphatic heterocycles. The lowest BCUT2D eigenvalue weighted by molar-refractivity contribution is 0.768. The van der Waals surface area contributed by atoms with Crippen LogP contribution in [0.5, 0.6) is 0 Å². The van der Waals surface area contributed by atoms with Gasteiger partial charge in [0.2, 0.25) is 0 Å². The SMILES string of the molecule is c1ccc(-c2ccc(-c3ccc(-c4ccc5c(c4)c4cc(-c6ccc(-c7ccc(-c8ccccc8)cc7)cc6)ccc4n5-c4ccc5c(c4)C(c4ccccc4)(c4ccccc4)c4cc(-c6ccc(-c7ccccc7)cc6)ccc4-5)cc3)cc2)cc1. The molecule has 0 spiro atoms. The molecule has 1 aromatic heterocycles. The van der Waals surface area contributed by atoms with Gasteiger partial charge in [0, 0.05) is 16.5 Å². The van der Waals surface area contributed by atoms with Gasteiger partial charge in [-0.1, -0.05) is 303 Å². The molecule has 14 aromatic carbocycles. The molecule has 402 valence electrons. The zero-order valence-corrected chi connectivity index (χ0v) is 47.4. The number of benzene rings is 14. The summed E-state index contributed by atoms with van der Waals surface area (Å²) in [5.74, 6) is 0. The van der Waals surface area contributed by atoms with Crippen LogP contribution in [0.1, 0.15) is 22.3 Å². The highest BCUT2D eigenvalue weighted by molar-refractivity contribution is 6.12. The van der Waals surface area contributed by atoms with Crippen LogP contribution in [-0.4, -0.2) is 4.57 Å². The molecule has 0 N–H and O–H groups in total. The van der Waals surface area contributed by atoms with Crippen LogP contribution in [0.4, 0.5) is 0 Å². The molecule has 1 heterocycles. The van der Waals surface area contributed by atoms with Crippen LogP contribution < -0.4 is 0 Å². The number of rotatable bonds is 11. The van der Waals surface area contributed by atoms with Crippen LogP contribution in [0.15, 0.2) is 346 Å². The number of nitrogens with zero attached hydrogens (tertiary/aromatic N) is 1. The van der Waals surface area contributed by atoms with Crippen molar-refractivity contribution in [3.8, 4) is 106 Å². The van der Waals surface area contributed by atoms with Crippen molar-refractivity contribution in [3.05, 3.63) is 368 Å². The van der Waals surface area contributed by atoms with Gasteiger partial charge in [-0.05, 0) is 165 Å². The highest BCUT2D eigenvalue weighted by Gasteiger charge is 2.46. The number of aromatic nitrogens is 1. The summed E-state index contributed by atoms with van der Waals surface area (Å²) in [5.41, 5.74) is 29.6. The number of fused-ring (bicyclic) bond motifs is 6. The maximum atomic E-state index is 2.51. The summed E-state index contributed by atoms with van der Waals surface area (Å²) < 4.78 is 2.51. The molecule has 0 radical (unpaired) electrons. The molecular weight excluding hydrogens is 1030 g/mol. The van der Waals surface area contributed by atoms with E-state index in [0.717, 1.165) is 16.7 Å². The highest BCUT2D eigenvalue weighted by Crippen LogP contribution is 2.57. The Kier molecular flexibility index (Phi) is 12.5. The Hall–Kier alpha value is -11.1. The van der Waals surface area contributed by atoms with E-state index in [4.69, 9.17) is 0 Å². The third-order valence-corrected chi connectivity index (χ3v) is 18.0. The van der Waals surface area contributed by atoms with Crippen molar-refractivity contribution in [2.75, 3.05) is 0 Å². The van der Waals surface area contributed by atoms with Crippen LogP contribution in [0.2, 0.25) is 0 Å². The van der Waals surface area contributed by atoms with Crippen molar-refractivity contribution in [2.24, 2.45) is 0 Å². The molecule has 0 saturated heterocycles. The first-order valence-corrected chi connectivity index (χ1v) is 29.8. The average molecular weight is 1090 g/mol. The topological polar surface area (TPSA) is 4.93 Å². The maximum Gasteiger partial charge on any atom is 0.0714 e. The lowest BCUT2D eigenvalue weighted by atomic mass is 9.67. The summed E-state index contributed by atoms with van der Waals surface area (Å²) in [7, 11) is 0. The Bertz CT molecular complexity index is 4710. The molecule has 0 amide bonds. The van der Waals surface area contributed by atoms with Crippen molar-refractivity contribution < 1.29 is 0 Å². The molecule has 0 saturated carbocycles. The minimum absolute atomic E-state index is 0.617. The summed E-state index contributed by atoms with van der Waals surface area (Å²) in [6.07, 6.45) is 0. The smallest absolute Gasteiger partial charge is 0.0714 e. The molecule has 0 fully saturated rings. The Morgan fingerprint density at radius 1 is 0.186 bits per heavy atom. The van der Waals surface area contributed by atoms with Crippen LogP contribution in [0.25, 0.3) is 128 Å². The van der Waals surface area contributed by atoms with Gasteiger partial charge in [0.1, 0.15) is 0 Å². The first-order chi connectivity index (χ1) is 42.6. The third-order valence-electron chi connectivity index (χ3n) is 18.0. The quantitative estimate of drug-likeness (QED) is 0.122. The van der Waals surface area contributed by atoms with E-state index in [1.165, 1.54) is 133 Å². The summed E-state index contributed by atoms with van der Waals surface area (Å²) in [5, 5.41) is 2.42. The fraction of sp³-hybridized carbons (Fsp3) is 0.0118. The van der Waals surface area contributed by atoms with E-state index in [1.807, 2.05) is 0 Å². The van der Waals surface area contributed by atoms with E-state index < -0.39 is 5.41 Å². The van der Waals surface area contributed by atoms with Gasteiger partial charge in [-0.15, -0.1) is 0 Å². The van der Waals surface area contributed by atoms with Gasteiger partial charge in [-0.2, -0.15) is 0 Å². The van der Waals surface area contributed by atoms with Gasteiger partial charge < -0.3 is 4.57 Å². The van der Waals surface area contributed by atoms with Gasteiger partial charge in [-0.3, -0.25) is 0 Å². The van der Waals surface area contributed by atoms with Crippen molar-refractivity contribution in [2.45, 2.75) is 5.41 Å². The maximum absolute atomic E-state index is 2.51. The first kappa shape index (κ1) is 50.6. The molecule has 1 heteroatoms. The predicted molar refractivity (Wildman–Crippen MR) is 362 cm³/mol. The lowest BCUT2D eigenvalue weighted by Gasteiger charge is -2.34. The van der Waals surface area contributed by atoms with Crippen molar-refractivity contribution in [1.82, 2.24) is 4.57 Å². The fourth-order valence-corrected chi connectivity index (χ4v) is 13.6. The number of hydrogen-bond donors (Lipinski definition) is 0. The number of hydrogen-bond acceptors (Lipinski definition) is 0. The van der Waals surface area contributed by atoms with Crippen molar-refractivity contribution in [1.29, 1.82) is 0 Å². The van der Waals surface area contributed by atoms with Crippen molar-refractivity contribution in [3.63, 3.8) is 0 Å². The summed E-state index contributed by atoms with van der Waals surface area (Å²) >= 11 is 0. The Balaban J connectivity index is 0.829. The highest BCUT2D eigenvalue weighted by atomic mass is 15.0. The second-order valence-corrected chi connectivity index (χ2v) is 22.8. The predicted octanol–water partition coefficient (Wildman–Crippen LogP) is 22.5. The van der Waals surface area contributed by atoms with Crippen molar-refractivity contribution >= 4 is 21.8 Å². The minimum atomic E-state index is -0.617. The third kappa shape index (κ3) is 8.80. The monoisotopic (exact) mass is 1090 g/mol. The van der Waals surface area contributed by atoms with Gasteiger partial charge >= 0.3 is 0 Å². The molecule has 1 aliphatic carbocycles. The van der Waals surface area contributed by atoms with Gasteiger partial charge in [0.15, 0.2) is 0 Å². The molecule has 0 unspecified atom stereocenters. The molecule has 16 rings (SSSR count). The lowest BCUT2D eigenvalue weighted by Crippen LogP contribution is -2.28. The van der Waals surface area contributed by atoms with E-state index in [0.29, 0.717) is 0 Å². The zero-order valence-electron chi connectivity index (χ0n) is 47.4. The average Bonchev–Trinajstić information content (AvgIpc) is 1.64. The van der Waals surface area contributed by atoms with Crippen LogP contribution in [0.3, 0.4) is 0 Å². The summed E-state index contributed by atoms with van der Waals surface area (Å²) in [6, 6.07) is 128. The van der Waals surface area contributed by atoms with Crippen LogP contribution >= 0.6 is 0 Å². The van der Waals surface area contributed by atoms with Gasteiger partial charge in [0.25, 0.3) is 0 Å².